The fourth-order valence-corrected chi connectivity index (χ4v) is 5.18. The predicted octanol–water partition coefficient (Wildman–Crippen LogP) is 2.48. The number of nitrogens with zero attached hydrogens (tertiary/aromatic N) is 3. The third-order valence-corrected chi connectivity index (χ3v) is 6.72. The van der Waals surface area contributed by atoms with E-state index in [0.717, 1.165) is 24.1 Å². The highest BCUT2D eigenvalue weighted by molar-refractivity contribution is 5.96. The Kier molecular flexibility index (Phi) is 5.63. The van der Waals surface area contributed by atoms with Crippen molar-refractivity contribution in [3.05, 3.63) is 78.2 Å². The van der Waals surface area contributed by atoms with Crippen LogP contribution in [0.4, 0.5) is 5.82 Å². The standard InChI is InChI=1S/C26H26N4O4/c1-30(17-24(31)29-23-15-27-12-13-28-23)14-6-7-18(16-30)34-25(32)26(33)21-10-4-2-8-19(21)20-9-3-5-11-22(20)26/h2-5,8-13,15,18,33H,6-7,14,16-17H2,1H3/p+1/t18?,30-/m1/s1. The minimum absolute atomic E-state index is 0.174. The van der Waals surface area contributed by atoms with E-state index >= 15 is 0 Å². The summed E-state index contributed by atoms with van der Waals surface area (Å²) in [6.07, 6.45) is 5.65. The summed E-state index contributed by atoms with van der Waals surface area (Å²) in [5.74, 6) is -0.445. The van der Waals surface area contributed by atoms with Gasteiger partial charge in [-0.2, -0.15) is 0 Å². The fourth-order valence-electron chi connectivity index (χ4n) is 5.18. The summed E-state index contributed by atoms with van der Waals surface area (Å²) in [6, 6.07) is 14.8. The van der Waals surface area contributed by atoms with Gasteiger partial charge in [0, 0.05) is 29.9 Å². The van der Waals surface area contributed by atoms with E-state index in [1.807, 2.05) is 43.4 Å². The number of hydrogen-bond donors (Lipinski definition) is 2. The number of quaternary nitrogens is 1. The fraction of sp³-hybridized carbons (Fsp3) is 0.308. The second kappa shape index (κ2) is 8.62. The SMILES string of the molecule is C[N@@+]1(CC(=O)Nc2cnccn2)CCCC(OC(=O)C2(O)c3ccccc3-c3ccccc32)C1. The molecule has 8 heteroatoms. The molecule has 1 aliphatic carbocycles. The van der Waals surface area contributed by atoms with Crippen molar-refractivity contribution in [3.8, 4) is 11.1 Å². The Hall–Kier alpha value is -3.62. The number of piperidine rings is 1. The zero-order valence-electron chi connectivity index (χ0n) is 19.0. The van der Waals surface area contributed by atoms with E-state index in [9.17, 15) is 14.7 Å². The number of esters is 1. The molecule has 0 bridgehead atoms. The van der Waals surface area contributed by atoms with E-state index in [1.54, 1.807) is 18.3 Å². The van der Waals surface area contributed by atoms with Crippen molar-refractivity contribution in [1.29, 1.82) is 0 Å². The van der Waals surface area contributed by atoms with Gasteiger partial charge in [0.2, 0.25) is 5.60 Å². The molecule has 5 rings (SSSR count). The van der Waals surface area contributed by atoms with Gasteiger partial charge in [-0.05, 0) is 17.5 Å². The van der Waals surface area contributed by atoms with Crippen LogP contribution in [0.15, 0.2) is 67.1 Å². The Morgan fingerprint density at radius 2 is 1.79 bits per heavy atom. The minimum atomic E-state index is -1.85. The lowest BCUT2D eigenvalue weighted by Gasteiger charge is -2.40. The van der Waals surface area contributed by atoms with Crippen LogP contribution in [0.5, 0.6) is 0 Å². The van der Waals surface area contributed by atoms with Crippen molar-refractivity contribution in [2.75, 3.05) is 32.0 Å². The van der Waals surface area contributed by atoms with E-state index in [0.29, 0.717) is 34.4 Å². The Balaban J connectivity index is 1.31. The zero-order valence-corrected chi connectivity index (χ0v) is 19.0. The average Bonchev–Trinajstić information content (AvgIpc) is 3.09. The molecule has 2 aromatic carbocycles. The molecule has 1 amide bonds. The number of likely N-dealkylation sites (tertiary alicyclic amines) is 1. The molecule has 1 aromatic heterocycles. The van der Waals surface area contributed by atoms with Gasteiger partial charge in [0.15, 0.2) is 18.5 Å². The van der Waals surface area contributed by atoms with Crippen LogP contribution in [0.2, 0.25) is 0 Å². The molecule has 3 aromatic rings. The lowest BCUT2D eigenvalue weighted by atomic mass is 9.91. The molecule has 34 heavy (non-hydrogen) atoms. The second-order valence-corrected chi connectivity index (χ2v) is 9.29. The number of nitrogens with one attached hydrogen (secondary N) is 1. The average molecular weight is 460 g/mol. The predicted molar refractivity (Wildman–Crippen MR) is 125 cm³/mol. The maximum Gasteiger partial charge on any atom is 0.348 e. The molecule has 1 unspecified atom stereocenters. The third-order valence-electron chi connectivity index (χ3n) is 6.72. The lowest BCUT2D eigenvalue weighted by molar-refractivity contribution is -0.909. The van der Waals surface area contributed by atoms with E-state index in [-0.39, 0.29) is 12.5 Å². The Labute approximate surface area is 197 Å². The van der Waals surface area contributed by atoms with Crippen LogP contribution >= 0.6 is 0 Å². The molecule has 174 valence electrons. The highest BCUT2D eigenvalue weighted by Crippen LogP contribution is 2.48. The summed E-state index contributed by atoms with van der Waals surface area (Å²) in [5, 5.41) is 14.4. The molecular formula is C26H27N4O4+. The van der Waals surface area contributed by atoms with Crippen LogP contribution in [-0.4, -0.2) is 64.2 Å². The number of carbonyl (C=O) groups is 2. The first kappa shape index (κ1) is 22.2. The van der Waals surface area contributed by atoms with Gasteiger partial charge in [-0.15, -0.1) is 0 Å². The first-order valence-corrected chi connectivity index (χ1v) is 11.4. The first-order valence-electron chi connectivity index (χ1n) is 11.4. The smallest absolute Gasteiger partial charge is 0.348 e. The highest BCUT2D eigenvalue weighted by atomic mass is 16.6. The number of likely N-dealkylation sites (N-methyl/N-ethyl adjacent to an activating group) is 1. The first-order chi connectivity index (χ1) is 16.4. The summed E-state index contributed by atoms with van der Waals surface area (Å²) < 4.78 is 6.35. The normalized spacial score (nSPS) is 22.4. The van der Waals surface area contributed by atoms with Crippen molar-refractivity contribution in [2.45, 2.75) is 24.5 Å². The summed E-state index contributed by atoms with van der Waals surface area (Å²) in [7, 11) is 1.98. The van der Waals surface area contributed by atoms with E-state index < -0.39 is 17.7 Å². The second-order valence-electron chi connectivity index (χ2n) is 9.29. The number of benzene rings is 2. The Morgan fingerprint density at radius 1 is 1.12 bits per heavy atom. The number of rotatable bonds is 5. The van der Waals surface area contributed by atoms with Crippen LogP contribution in [0.3, 0.4) is 0 Å². The van der Waals surface area contributed by atoms with Crippen LogP contribution in [-0.2, 0) is 19.9 Å². The molecule has 2 heterocycles. The van der Waals surface area contributed by atoms with Crippen molar-refractivity contribution >= 4 is 17.7 Å². The third kappa shape index (κ3) is 3.95. The number of amides is 1. The number of anilines is 1. The van der Waals surface area contributed by atoms with Gasteiger partial charge in [0.25, 0.3) is 5.91 Å². The highest BCUT2D eigenvalue weighted by Gasteiger charge is 2.50. The summed E-state index contributed by atoms with van der Waals surface area (Å²) in [6.45, 7) is 1.50. The van der Waals surface area contributed by atoms with E-state index in [2.05, 4.69) is 15.3 Å². The zero-order chi connectivity index (χ0) is 23.8. The molecule has 1 saturated heterocycles. The van der Waals surface area contributed by atoms with Crippen molar-refractivity contribution in [1.82, 2.24) is 9.97 Å². The molecule has 2 atom stereocenters. The maximum absolute atomic E-state index is 13.5. The molecule has 0 spiro atoms. The quantitative estimate of drug-likeness (QED) is 0.449. The van der Waals surface area contributed by atoms with Gasteiger partial charge in [-0.1, -0.05) is 48.5 Å². The van der Waals surface area contributed by atoms with Crippen molar-refractivity contribution in [3.63, 3.8) is 0 Å². The topological polar surface area (TPSA) is 101 Å². The van der Waals surface area contributed by atoms with Gasteiger partial charge in [-0.3, -0.25) is 9.78 Å². The lowest BCUT2D eigenvalue weighted by Crippen LogP contribution is -2.57. The van der Waals surface area contributed by atoms with Crippen molar-refractivity contribution < 1.29 is 23.9 Å². The van der Waals surface area contributed by atoms with Gasteiger partial charge in [0.1, 0.15) is 6.54 Å². The number of ether oxygens (including phenoxy) is 1. The minimum Gasteiger partial charge on any atom is -0.454 e. The maximum atomic E-state index is 13.5. The van der Waals surface area contributed by atoms with E-state index in [4.69, 9.17) is 4.74 Å². The molecule has 0 radical (unpaired) electrons. The van der Waals surface area contributed by atoms with Crippen LogP contribution < -0.4 is 5.32 Å². The summed E-state index contributed by atoms with van der Waals surface area (Å²) in [4.78, 5) is 34.1. The van der Waals surface area contributed by atoms with Gasteiger partial charge in [-0.25, -0.2) is 9.78 Å². The van der Waals surface area contributed by atoms with Gasteiger partial charge < -0.3 is 19.6 Å². The molecule has 2 N–H and O–H groups in total. The summed E-state index contributed by atoms with van der Waals surface area (Å²) in [5.41, 5.74) is 0.900. The number of aromatic nitrogens is 2. The Morgan fingerprint density at radius 3 is 2.44 bits per heavy atom. The molecule has 1 aliphatic heterocycles. The number of aliphatic hydroxyl groups is 1. The van der Waals surface area contributed by atoms with Gasteiger partial charge in [0.05, 0.1) is 19.8 Å². The molecular weight excluding hydrogens is 432 g/mol. The Bertz CT molecular complexity index is 1190. The molecule has 2 aliphatic rings. The number of hydrogen-bond acceptors (Lipinski definition) is 6. The van der Waals surface area contributed by atoms with Crippen LogP contribution in [0.25, 0.3) is 11.1 Å². The largest absolute Gasteiger partial charge is 0.454 e. The number of carbonyl (C=O) groups excluding carboxylic acids is 2. The molecule has 8 nitrogen and oxygen atoms in total. The van der Waals surface area contributed by atoms with Gasteiger partial charge >= 0.3 is 5.97 Å². The van der Waals surface area contributed by atoms with E-state index in [1.165, 1.54) is 12.4 Å². The molecule has 0 saturated carbocycles. The summed E-state index contributed by atoms with van der Waals surface area (Å²) >= 11 is 0. The monoisotopic (exact) mass is 459 g/mol. The number of fused-ring (bicyclic) bond motifs is 3. The molecule has 1 fully saturated rings. The van der Waals surface area contributed by atoms with Crippen LogP contribution in [0, 0.1) is 0 Å². The van der Waals surface area contributed by atoms with Crippen molar-refractivity contribution in [2.24, 2.45) is 0 Å². The van der Waals surface area contributed by atoms with Crippen LogP contribution in [0.1, 0.15) is 24.0 Å².